The van der Waals surface area contributed by atoms with Crippen LogP contribution in [-0.2, 0) is 0 Å². The minimum Gasteiger partial charge on any atom is -0.310 e. The Bertz CT molecular complexity index is 617. The molecule has 1 saturated carbocycles. The SMILES string of the molecule is O=c1cc(-c2cccc(I)c2)nc(C2CC2)[nH]1. The van der Waals surface area contributed by atoms with Gasteiger partial charge in [-0.1, -0.05) is 12.1 Å². The predicted molar refractivity (Wildman–Crippen MR) is 75.0 cm³/mol. The molecule has 0 unspecified atom stereocenters. The molecule has 1 aromatic heterocycles. The van der Waals surface area contributed by atoms with Crippen LogP contribution in [0.3, 0.4) is 0 Å². The second-order valence-corrected chi connectivity index (χ2v) is 5.55. The van der Waals surface area contributed by atoms with Crippen LogP contribution >= 0.6 is 22.6 Å². The standard InChI is InChI=1S/C13H11IN2O/c14-10-3-1-2-9(6-10)11-7-12(17)16-13(15-11)8-4-5-8/h1-3,6-8H,4-5H2,(H,15,16,17). The number of nitrogens with one attached hydrogen (secondary N) is 1. The monoisotopic (exact) mass is 338 g/mol. The van der Waals surface area contributed by atoms with Crippen LogP contribution in [0.2, 0.25) is 0 Å². The van der Waals surface area contributed by atoms with E-state index in [0.29, 0.717) is 5.92 Å². The van der Waals surface area contributed by atoms with E-state index in [0.717, 1.165) is 33.5 Å². The van der Waals surface area contributed by atoms with Gasteiger partial charge in [0.05, 0.1) is 5.69 Å². The van der Waals surface area contributed by atoms with E-state index >= 15 is 0 Å². The quantitative estimate of drug-likeness (QED) is 0.856. The summed E-state index contributed by atoms with van der Waals surface area (Å²) < 4.78 is 1.15. The van der Waals surface area contributed by atoms with Gasteiger partial charge in [-0.2, -0.15) is 0 Å². The average molecular weight is 338 g/mol. The van der Waals surface area contributed by atoms with Crippen molar-refractivity contribution in [1.82, 2.24) is 9.97 Å². The summed E-state index contributed by atoms with van der Waals surface area (Å²) >= 11 is 2.26. The Morgan fingerprint density at radius 2 is 2.12 bits per heavy atom. The molecule has 4 heteroatoms. The molecule has 0 spiro atoms. The molecule has 0 saturated heterocycles. The third kappa shape index (κ3) is 2.41. The number of hydrogen-bond donors (Lipinski definition) is 1. The van der Waals surface area contributed by atoms with Crippen molar-refractivity contribution in [3.8, 4) is 11.3 Å². The number of halogens is 1. The Balaban J connectivity index is 2.10. The zero-order valence-corrected chi connectivity index (χ0v) is 11.3. The summed E-state index contributed by atoms with van der Waals surface area (Å²) in [5, 5.41) is 0. The Labute approximate surface area is 112 Å². The van der Waals surface area contributed by atoms with Gasteiger partial charge in [0.25, 0.3) is 5.56 Å². The van der Waals surface area contributed by atoms with Gasteiger partial charge >= 0.3 is 0 Å². The van der Waals surface area contributed by atoms with Crippen LogP contribution < -0.4 is 5.56 Å². The van der Waals surface area contributed by atoms with Gasteiger partial charge < -0.3 is 4.98 Å². The molecule has 3 nitrogen and oxygen atoms in total. The molecule has 1 fully saturated rings. The Morgan fingerprint density at radius 3 is 2.82 bits per heavy atom. The molecule has 1 N–H and O–H groups in total. The van der Waals surface area contributed by atoms with Crippen LogP contribution in [0.15, 0.2) is 35.1 Å². The molecule has 3 rings (SSSR count). The molecule has 2 aromatic rings. The fourth-order valence-corrected chi connectivity index (χ4v) is 2.37. The minimum absolute atomic E-state index is 0.0595. The van der Waals surface area contributed by atoms with Gasteiger partial charge in [-0.05, 0) is 47.6 Å². The van der Waals surface area contributed by atoms with Crippen LogP contribution in [0.1, 0.15) is 24.6 Å². The maximum absolute atomic E-state index is 11.6. The fourth-order valence-electron chi connectivity index (χ4n) is 1.82. The molecule has 86 valence electrons. The van der Waals surface area contributed by atoms with Crippen LogP contribution in [0, 0.1) is 3.57 Å². The largest absolute Gasteiger partial charge is 0.310 e. The molecule has 1 heterocycles. The van der Waals surface area contributed by atoms with Crippen molar-refractivity contribution in [2.45, 2.75) is 18.8 Å². The van der Waals surface area contributed by atoms with Crippen LogP contribution in [-0.4, -0.2) is 9.97 Å². The molecular formula is C13H11IN2O. The van der Waals surface area contributed by atoms with Gasteiger partial charge in [0.2, 0.25) is 0 Å². The van der Waals surface area contributed by atoms with Gasteiger partial charge in [0.1, 0.15) is 5.82 Å². The van der Waals surface area contributed by atoms with Crippen molar-refractivity contribution in [1.29, 1.82) is 0 Å². The summed E-state index contributed by atoms with van der Waals surface area (Å²) in [6.07, 6.45) is 2.28. The molecule has 1 aliphatic rings. The highest BCUT2D eigenvalue weighted by Gasteiger charge is 2.26. The molecule has 1 aliphatic carbocycles. The summed E-state index contributed by atoms with van der Waals surface area (Å²) in [5.74, 6) is 1.30. The lowest BCUT2D eigenvalue weighted by atomic mass is 10.1. The number of aromatic amines is 1. The number of benzene rings is 1. The third-order valence-electron chi connectivity index (χ3n) is 2.84. The molecular weight excluding hydrogens is 327 g/mol. The van der Waals surface area contributed by atoms with Crippen molar-refractivity contribution >= 4 is 22.6 Å². The fraction of sp³-hybridized carbons (Fsp3) is 0.231. The second kappa shape index (κ2) is 4.25. The highest BCUT2D eigenvalue weighted by molar-refractivity contribution is 14.1. The molecule has 0 atom stereocenters. The van der Waals surface area contributed by atoms with E-state index in [4.69, 9.17) is 0 Å². The first kappa shape index (κ1) is 11.0. The molecule has 1 aromatic carbocycles. The van der Waals surface area contributed by atoms with Gasteiger partial charge in [0.15, 0.2) is 0 Å². The molecule has 0 bridgehead atoms. The average Bonchev–Trinajstić information content (AvgIpc) is 3.12. The predicted octanol–water partition coefficient (Wildman–Crippen LogP) is 2.92. The Morgan fingerprint density at radius 1 is 1.29 bits per heavy atom. The maximum Gasteiger partial charge on any atom is 0.251 e. The lowest BCUT2D eigenvalue weighted by molar-refractivity contribution is 0.912. The first-order valence-electron chi connectivity index (χ1n) is 5.59. The van der Waals surface area contributed by atoms with Crippen molar-refractivity contribution < 1.29 is 0 Å². The van der Waals surface area contributed by atoms with E-state index < -0.39 is 0 Å². The highest BCUT2D eigenvalue weighted by atomic mass is 127. The van der Waals surface area contributed by atoms with Crippen molar-refractivity contribution in [3.05, 3.63) is 50.1 Å². The topological polar surface area (TPSA) is 45.8 Å². The van der Waals surface area contributed by atoms with E-state index in [1.54, 1.807) is 6.07 Å². The third-order valence-corrected chi connectivity index (χ3v) is 3.52. The number of rotatable bonds is 2. The minimum atomic E-state index is -0.0595. The maximum atomic E-state index is 11.6. The lowest BCUT2D eigenvalue weighted by Gasteiger charge is -2.03. The zero-order valence-electron chi connectivity index (χ0n) is 9.11. The smallest absolute Gasteiger partial charge is 0.251 e. The Hall–Kier alpha value is -1.17. The van der Waals surface area contributed by atoms with Crippen molar-refractivity contribution in [3.63, 3.8) is 0 Å². The van der Waals surface area contributed by atoms with Gasteiger partial charge in [-0.3, -0.25) is 4.79 Å². The molecule has 0 amide bonds. The van der Waals surface area contributed by atoms with Gasteiger partial charge in [-0.25, -0.2) is 4.98 Å². The van der Waals surface area contributed by atoms with Gasteiger partial charge in [0, 0.05) is 21.1 Å². The summed E-state index contributed by atoms with van der Waals surface area (Å²) in [4.78, 5) is 19.0. The summed E-state index contributed by atoms with van der Waals surface area (Å²) in [6, 6.07) is 9.60. The van der Waals surface area contributed by atoms with Gasteiger partial charge in [-0.15, -0.1) is 0 Å². The van der Waals surface area contributed by atoms with Crippen molar-refractivity contribution in [2.24, 2.45) is 0 Å². The first-order valence-corrected chi connectivity index (χ1v) is 6.67. The van der Waals surface area contributed by atoms with E-state index in [9.17, 15) is 4.79 Å². The van der Waals surface area contributed by atoms with Crippen LogP contribution in [0.4, 0.5) is 0 Å². The van der Waals surface area contributed by atoms with E-state index in [1.807, 2.05) is 24.3 Å². The number of aromatic nitrogens is 2. The number of H-pyrrole nitrogens is 1. The molecule has 0 radical (unpaired) electrons. The number of nitrogens with zero attached hydrogens (tertiary/aromatic N) is 1. The van der Waals surface area contributed by atoms with Crippen LogP contribution in [0.5, 0.6) is 0 Å². The van der Waals surface area contributed by atoms with E-state index in [1.165, 1.54) is 0 Å². The van der Waals surface area contributed by atoms with E-state index in [2.05, 4.69) is 32.6 Å². The van der Waals surface area contributed by atoms with E-state index in [-0.39, 0.29) is 5.56 Å². The number of hydrogen-bond acceptors (Lipinski definition) is 2. The lowest BCUT2D eigenvalue weighted by Crippen LogP contribution is -2.10. The summed E-state index contributed by atoms with van der Waals surface area (Å²) in [7, 11) is 0. The first-order chi connectivity index (χ1) is 8.22. The van der Waals surface area contributed by atoms with Crippen molar-refractivity contribution in [2.75, 3.05) is 0 Å². The molecule has 0 aliphatic heterocycles. The highest BCUT2D eigenvalue weighted by Crippen LogP contribution is 2.38. The normalized spacial score (nSPS) is 14.9. The van der Waals surface area contributed by atoms with Crippen LogP contribution in [0.25, 0.3) is 11.3 Å². The second-order valence-electron chi connectivity index (χ2n) is 4.30. The summed E-state index contributed by atoms with van der Waals surface area (Å²) in [5.41, 5.74) is 1.72. The Kier molecular flexibility index (Phi) is 2.74. The zero-order chi connectivity index (χ0) is 11.8. The summed E-state index contributed by atoms with van der Waals surface area (Å²) in [6.45, 7) is 0. The molecule has 17 heavy (non-hydrogen) atoms.